The molecule has 4 rings (SSSR count). The maximum absolute atomic E-state index is 6.25. The van der Waals surface area contributed by atoms with Crippen LogP contribution in [0.3, 0.4) is 0 Å². The van der Waals surface area contributed by atoms with Gasteiger partial charge in [0.1, 0.15) is 5.75 Å². The molecule has 2 fully saturated rings. The summed E-state index contributed by atoms with van der Waals surface area (Å²) in [6.45, 7) is 9.22. The topological polar surface area (TPSA) is 27.7 Å². The van der Waals surface area contributed by atoms with Gasteiger partial charge in [-0.3, -0.25) is 0 Å². The van der Waals surface area contributed by atoms with E-state index in [2.05, 4.69) is 44.8 Å². The number of benzene rings is 1. The quantitative estimate of drug-likeness (QED) is 0.647. The number of aryl methyl sites for hydroxylation is 1. The molecule has 1 aromatic rings. The third kappa shape index (κ3) is 3.28. The Morgan fingerprint density at radius 3 is 2.52 bits per heavy atom. The summed E-state index contributed by atoms with van der Waals surface area (Å²) in [5.41, 5.74) is 3.38. The van der Waals surface area contributed by atoms with Crippen molar-refractivity contribution in [1.82, 2.24) is 0 Å². The Morgan fingerprint density at radius 2 is 1.85 bits per heavy atom. The van der Waals surface area contributed by atoms with E-state index in [9.17, 15) is 0 Å². The first kappa shape index (κ1) is 19.5. The van der Waals surface area contributed by atoms with Crippen molar-refractivity contribution in [3.05, 3.63) is 29.3 Å². The van der Waals surface area contributed by atoms with Gasteiger partial charge in [0, 0.05) is 14.2 Å². The minimum atomic E-state index is -1.56. The monoisotopic (exact) mass is 388 g/mol. The molecule has 0 heterocycles. The zero-order valence-corrected chi connectivity index (χ0v) is 18.9. The predicted molar refractivity (Wildman–Crippen MR) is 112 cm³/mol. The number of rotatable bonds is 4. The molecule has 0 N–H and O–H groups in total. The average molecular weight is 389 g/mol. The maximum atomic E-state index is 6.25. The molecule has 0 radical (unpaired) electrons. The van der Waals surface area contributed by atoms with Crippen molar-refractivity contribution < 1.29 is 13.9 Å². The highest BCUT2D eigenvalue weighted by Crippen LogP contribution is 2.61. The molecule has 4 heteroatoms. The number of ether oxygens (including phenoxy) is 2. The third-order valence-electron chi connectivity index (χ3n) is 7.59. The van der Waals surface area contributed by atoms with Gasteiger partial charge in [-0.25, -0.2) is 0 Å². The molecule has 0 saturated heterocycles. The Morgan fingerprint density at radius 1 is 1.07 bits per heavy atom. The fourth-order valence-corrected chi connectivity index (χ4v) is 7.39. The molecule has 150 valence electrons. The van der Waals surface area contributed by atoms with Crippen LogP contribution in [0.5, 0.6) is 5.75 Å². The fourth-order valence-electron chi connectivity index (χ4n) is 6.56. The predicted octanol–water partition coefficient (Wildman–Crippen LogP) is 5.40. The normalized spacial score (nSPS) is 38.1. The van der Waals surface area contributed by atoms with Gasteiger partial charge in [0.15, 0.2) is 0 Å². The summed E-state index contributed by atoms with van der Waals surface area (Å²) in [4.78, 5) is 0. The molecule has 0 spiro atoms. The molecule has 6 atom stereocenters. The summed E-state index contributed by atoms with van der Waals surface area (Å²) < 4.78 is 18.1. The molecule has 3 aliphatic carbocycles. The van der Waals surface area contributed by atoms with E-state index >= 15 is 0 Å². The van der Waals surface area contributed by atoms with Crippen molar-refractivity contribution in [2.45, 2.75) is 76.8 Å². The van der Waals surface area contributed by atoms with Crippen LogP contribution in [-0.2, 0) is 15.9 Å². The lowest BCUT2D eigenvalue weighted by Crippen LogP contribution is -2.45. The van der Waals surface area contributed by atoms with Crippen LogP contribution in [0.4, 0.5) is 0 Å². The lowest BCUT2D eigenvalue weighted by molar-refractivity contribution is -0.0832. The van der Waals surface area contributed by atoms with E-state index in [1.165, 1.54) is 31.2 Å². The Labute approximate surface area is 165 Å². The van der Waals surface area contributed by atoms with Gasteiger partial charge in [-0.1, -0.05) is 13.0 Å². The fraction of sp³-hybridized carbons (Fsp3) is 0.739. The Balaban J connectivity index is 1.61. The van der Waals surface area contributed by atoms with Gasteiger partial charge < -0.3 is 13.9 Å². The summed E-state index contributed by atoms with van der Waals surface area (Å²) in [6, 6.07) is 6.93. The largest absolute Gasteiger partial charge is 0.544 e. The van der Waals surface area contributed by atoms with Gasteiger partial charge in [0.05, 0.1) is 12.2 Å². The summed E-state index contributed by atoms with van der Waals surface area (Å²) >= 11 is 0. The highest BCUT2D eigenvalue weighted by molar-refractivity contribution is 6.70. The highest BCUT2D eigenvalue weighted by Gasteiger charge is 2.58. The molecule has 3 nitrogen and oxygen atoms in total. The van der Waals surface area contributed by atoms with Crippen molar-refractivity contribution in [2.24, 2.45) is 17.3 Å². The molecule has 0 aromatic heterocycles. The second kappa shape index (κ2) is 6.89. The van der Waals surface area contributed by atoms with Crippen LogP contribution in [0, 0.1) is 17.3 Å². The smallest absolute Gasteiger partial charge is 0.242 e. The van der Waals surface area contributed by atoms with E-state index < -0.39 is 8.32 Å². The van der Waals surface area contributed by atoms with Crippen LogP contribution in [0.1, 0.15) is 49.7 Å². The molecule has 1 aromatic carbocycles. The summed E-state index contributed by atoms with van der Waals surface area (Å²) in [6.07, 6.45) is 6.63. The summed E-state index contributed by atoms with van der Waals surface area (Å²) in [7, 11) is 2.16. The van der Waals surface area contributed by atoms with Gasteiger partial charge in [-0.2, -0.15) is 0 Å². The Kier molecular flexibility index (Phi) is 4.97. The van der Waals surface area contributed by atoms with Crippen molar-refractivity contribution in [2.75, 3.05) is 14.2 Å². The lowest BCUT2D eigenvalue weighted by Gasteiger charge is -2.50. The minimum Gasteiger partial charge on any atom is -0.544 e. The first-order chi connectivity index (χ1) is 12.8. The van der Waals surface area contributed by atoms with Crippen LogP contribution in [-0.4, -0.2) is 34.7 Å². The van der Waals surface area contributed by atoms with Gasteiger partial charge in [-0.15, -0.1) is 0 Å². The zero-order chi connectivity index (χ0) is 19.4. The lowest BCUT2D eigenvalue weighted by atomic mass is 9.55. The standard InChI is InChI=1S/C23H36O3Si/c1-23-12-11-18-17-10-8-16(26-27(4,5)6)13-15(17)7-9-19(18)20(23)14-21(24-2)22(23)25-3/h8,10,13,18-22H,7,9,11-12,14H2,1-6H3/t18-,19-,20+,21-,22+,23+/m1/s1. The van der Waals surface area contributed by atoms with Gasteiger partial charge >= 0.3 is 0 Å². The van der Waals surface area contributed by atoms with Gasteiger partial charge in [0.2, 0.25) is 8.32 Å². The van der Waals surface area contributed by atoms with E-state index in [0.717, 1.165) is 18.1 Å². The van der Waals surface area contributed by atoms with Crippen molar-refractivity contribution in [3.8, 4) is 5.75 Å². The van der Waals surface area contributed by atoms with E-state index in [1.807, 2.05) is 14.2 Å². The summed E-state index contributed by atoms with van der Waals surface area (Å²) in [5.74, 6) is 3.24. The summed E-state index contributed by atoms with van der Waals surface area (Å²) in [5, 5.41) is 0. The van der Waals surface area contributed by atoms with Crippen molar-refractivity contribution >= 4 is 8.32 Å². The third-order valence-corrected chi connectivity index (χ3v) is 8.44. The van der Waals surface area contributed by atoms with Crippen molar-refractivity contribution in [1.29, 1.82) is 0 Å². The van der Waals surface area contributed by atoms with E-state index in [0.29, 0.717) is 11.8 Å². The molecule has 0 unspecified atom stereocenters. The molecule has 27 heavy (non-hydrogen) atoms. The zero-order valence-electron chi connectivity index (χ0n) is 17.9. The van der Waals surface area contributed by atoms with Gasteiger partial charge in [0.25, 0.3) is 0 Å². The molecule has 0 aliphatic heterocycles. The average Bonchev–Trinajstić information content (AvgIpc) is 2.91. The number of fused-ring (bicyclic) bond motifs is 5. The van der Waals surface area contributed by atoms with E-state index in [4.69, 9.17) is 13.9 Å². The number of hydrogen-bond donors (Lipinski definition) is 0. The first-order valence-electron chi connectivity index (χ1n) is 10.6. The van der Waals surface area contributed by atoms with Crippen molar-refractivity contribution in [3.63, 3.8) is 0 Å². The van der Waals surface area contributed by atoms with Crippen LogP contribution in [0.2, 0.25) is 19.6 Å². The molecular formula is C23H36O3Si. The van der Waals surface area contributed by atoms with Gasteiger partial charge in [-0.05, 0) is 98.2 Å². The number of hydrogen-bond acceptors (Lipinski definition) is 3. The second-order valence-corrected chi connectivity index (χ2v) is 14.6. The van der Waals surface area contributed by atoms with E-state index in [-0.39, 0.29) is 17.6 Å². The minimum absolute atomic E-state index is 0.238. The van der Waals surface area contributed by atoms with Crippen LogP contribution < -0.4 is 4.43 Å². The van der Waals surface area contributed by atoms with Crippen LogP contribution >= 0.6 is 0 Å². The van der Waals surface area contributed by atoms with Crippen LogP contribution in [0.25, 0.3) is 0 Å². The first-order valence-corrected chi connectivity index (χ1v) is 14.0. The number of methoxy groups -OCH3 is 2. The van der Waals surface area contributed by atoms with E-state index in [1.54, 1.807) is 5.56 Å². The molecule has 0 bridgehead atoms. The Bertz CT molecular complexity index is 697. The maximum Gasteiger partial charge on any atom is 0.242 e. The highest BCUT2D eigenvalue weighted by atomic mass is 28.4. The SMILES string of the molecule is CO[C@@H]1C[C@H]2[C@@H]3CCc4cc(O[Si](C)(C)C)ccc4[C@H]3CC[C@]2(C)[C@H]1OC. The molecule has 0 amide bonds. The van der Waals surface area contributed by atoms with Crippen LogP contribution in [0.15, 0.2) is 18.2 Å². The molecule has 2 saturated carbocycles. The second-order valence-electron chi connectivity index (χ2n) is 10.2. The molecule has 3 aliphatic rings. The Hall–Kier alpha value is -0.843. The molecular weight excluding hydrogens is 352 g/mol.